The van der Waals surface area contributed by atoms with Gasteiger partial charge < -0.3 is 10.6 Å². The summed E-state index contributed by atoms with van der Waals surface area (Å²) in [5, 5.41) is 15.7. The van der Waals surface area contributed by atoms with Crippen molar-refractivity contribution >= 4 is 18.2 Å². The highest BCUT2D eigenvalue weighted by Crippen LogP contribution is 2.27. The molecule has 8 heteroatoms. The largest absolute Gasteiger partial charge is 0.341 e. The number of hydrogen-bond acceptors (Lipinski definition) is 4. The predicted octanol–water partition coefficient (Wildman–Crippen LogP) is 0.748. The maximum atomic E-state index is 11.3. The number of urea groups is 1. The van der Waals surface area contributed by atoms with Crippen LogP contribution in [0.4, 0.5) is 4.79 Å². The zero-order chi connectivity index (χ0) is 12.3. The van der Waals surface area contributed by atoms with Crippen molar-refractivity contribution in [2.75, 3.05) is 7.05 Å². The molecule has 2 rings (SSSR count). The van der Waals surface area contributed by atoms with Crippen molar-refractivity contribution in [1.29, 1.82) is 0 Å². The molecule has 1 heterocycles. The summed E-state index contributed by atoms with van der Waals surface area (Å²) >= 11 is 5.07. The average molecular weight is 256 g/mol. The van der Waals surface area contributed by atoms with Crippen LogP contribution in [0.25, 0.3) is 0 Å². The first kappa shape index (κ1) is 12.0. The second kappa shape index (κ2) is 5.26. The van der Waals surface area contributed by atoms with E-state index in [0.29, 0.717) is 4.77 Å². The van der Waals surface area contributed by atoms with Gasteiger partial charge in [0.05, 0.1) is 6.04 Å². The van der Waals surface area contributed by atoms with Crippen molar-refractivity contribution in [3.8, 4) is 0 Å². The van der Waals surface area contributed by atoms with Crippen LogP contribution in [0.5, 0.6) is 0 Å². The van der Waals surface area contributed by atoms with E-state index in [1.54, 1.807) is 11.7 Å². The molecule has 2 unspecified atom stereocenters. The van der Waals surface area contributed by atoms with Crippen LogP contribution < -0.4 is 10.6 Å². The third kappa shape index (κ3) is 2.82. The molecule has 0 aliphatic heterocycles. The monoisotopic (exact) mass is 256 g/mol. The maximum Gasteiger partial charge on any atom is 0.314 e. The zero-order valence-electron chi connectivity index (χ0n) is 9.64. The molecule has 1 aliphatic rings. The first-order valence-corrected chi connectivity index (χ1v) is 6.09. The molecule has 1 fully saturated rings. The Labute approximate surface area is 104 Å². The molecule has 94 valence electrons. The third-order valence-corrected chi connectivity index (χ3v) is 3.35. The van der Waals surface area contributed by atoms with E-state index in [0.717, 1.165) is 25.7 Å². The molecule has 2 amide bonds. The number of carbonyl (C=O) groups is 1. The van der Waals surface area contributed by atoms with Crippen molar-refractivity contribution in [2.45, 2.75) is 37.8 Å². The molecule has 1 aliphatic carbocycles. The Morgan fingerprint density at radius 2 is 2.41 bits per heavy atom. The fraction of sp³-hybridized carbons (Fsp3) is 0.778. The van der Waals surface area contributed by atoms with Gasteiger partial charge in [0.1, 0.15) is 0 Å². The van der Waals surface area contributed by atoms with E-state index in [9.17, 15) is 4.79 Å². The average Bonchev–Trinajstić information content (AvgIpc) is 2.75. The number of aromatic amines is 1. The van der Waals surface area contributed by atoms with Gasteiger partial charge in [0.2, 0.25) is 4.77 Å². The summed E-state index contributed by atoms with van der Waals surface area (Å²) in [6.07, 6.45) is 3.94. The highest BCUT2D eigenvalue weighted by atomic mass is 32.1. The fourth-order valence-electron chi connectivity index (χ4n) is 2.23. The van der Waals surface area contributed by atoms with Crippen molar-refractivity contribution in [3.05, 3.63) is 4.77 Å². The molecule has 0 saturated heterocycles. The Morgan fingerprint density at radius 1 is 1.59 bits per heavy atom. The highest BCUT2D eigenvalue weighted by Gasteiger charge is 2.25. The summed E-state index contributed by atoms with van der Waals surface area (Å²) in [6, 6.07) is 0.286. The Morgan fingerprint density at radius 3 is 3.06 bits per heavy atom. The molecule has 17 heavy (non-hydrogen) atoms. The van der Waals surface area contributed by atoms with E-state index >= 15 is 0 Å². The van der Waals surface area contributed by atoms with Crippen LogP contribution in [-0.2, 0) is 0 Å². The molecule has 0 bridgehead atoms. The van der Waals surface area contributed by atoms with Gasteiger partial charge in [0.15, 0.2) is 0 Å². The highest BCUT2D eigenvalue weighted by molar-refractivity contribution is 7.71. The van der Waals surface area contributed by atoms with Crippen LogP contribution in [0.3, 0.4) is 0 Å². The van der Waals surface area contributed by atoms with Crippen molar-refractivity contribution in [1.82, 2.24) is 30.8 Å². The number of amides is 2. The molecule has 1 aromatic heterocycles. The number of aromatic nitrogens is 4. The molecule has 0 spiro atoms. The molecular formula is C9H16N6OS. The maximum absolute atomic E-state index is 11.3. The van der Waals surface area contributed by atoms with Crippen LogP contribution in [0.2, 0.25) is 0 Å². The Hall–Kier alpha value is -1.44. The van der Waals surface area contributed by atoms with E-state index in [2.05, 4.69) is 26.2 Å². The summed E-state index contributed by atoms with van der Waals surface area (Å²) in [4.78, 5) is 11.3. The minimum Gasteiger partial charge on any atom is -0.341 e. The Kier molecular flexibility index (Phi) is 3.72. The molecular weight excluding hydrogens is 240 g/mol. The third-order valence-electron chi connectivity index (χ3n) is 3.07. The summed E-state index contributed by atoms with van der Waals surface area (Å²) in [7, 11) is 1.62. The van der Waals surface area contributed by atoms with E-state index in [-0.39, 0.29) is 18.1 Å². The van der Waals surface area contributed by atoms with Crippen molar-refractivity contribution in [2.24, 2.45) is 0 Å². The van der Waals surface area contributed by atoms with Gasteiger partial charge in [-0.3, -0.25) is 0 Å². The number of tetrazole rings is 1. The van der Waals surface area contributed by atoms with Crippen molar-refractivity contribution < 1.29 is 4.79 Å². The SMILES string of the molecule is CNC(=O)NC1CCCC(n2[nH]nnc2=S)C1. The number of H-pyrrole nitrogens is 1. The lowest BCUT2D eigenvalue weighted by atomic mass is 9.91. The second-order valence-electron chi connectivity index (χ2n) is 4.19. The van der Waals surface area contributed by atoms with Crippen LogP contribution in [0.1, 0.15) is 31.7 Å². The molecule has 0 aromatic carbocycles. The number of nitrogens with one attached hydrogen (secondary N) is 3. The molecule has 1 aromatic rings. The first-order chi connectivity index (χ1) is 8.20. The van der Waals surface area contributed by atoms with E-state index in [1.807, 2.05) is 0 Å². The van der Waals surface area contributed by atoms with Gasteiger partial charge >= 0.3 is 6.03 Å². The molecule has 0 radical (unpaired) electrons. The van der Waals surface area contributed by atoms with Crippen LogP contribution >= 0.6 is 12.2 Å². The second-order valence-corrected chi connectivity index (χ2v) is 4.56. The number of nitrogens with zero attached hydrogens (tertiary/aromatic N) is 3. The lowest BCUT2D eigenvalue weighted by Crippen LogP contribution is -2.43. The molecule has 2 atom stereocenters. The first-order valence-electron chi connectivity index (χ1n) is 5.68. The quantitative estimate of drug-likeness (QED) is 0.681. The lowest BCUT2D eigenvalue weighted by molar-refractivity contribution is 0.224. The standard InChI is InChI=1S/C9H16N6OS/c1-10-8(16)11-6-3-2-4-7(5-6)15-9(17)12-13-14-15/h6-7H,2-5H2,1H3,(H2,10,11,16)(H,12,14,17). The molecule has 1 saturated carbocycles. The minimum absolute atomic E-state index is 0.137. The lowest BCUT2D eigenvalue weighted by Gasteiger charge is -2.29. The van der Waals surface area contributed by atoms with E-state index < -0.39 is 0 Å². The van der Waals surface area contributed by atoms with Crippen molar-refractivity contribution in [3.63, 3.8) is 0 Å². The van der Waals surface area contributed by atoms with Crippen LogP contribution in [-0.4, -0.2) is 39.3 Å². The van der Waals surface area contributed by atoms with E-state index in [4.69, 9.17) is 12.2 Å². The molecule has 7 nitrogen and oxygen atoms in total. The van der Waals surface area contributed by atoms with Gasteiger partial charge in [-0.1, -0.05) is 10.3 Å². The van der Waals surface area contributed by atoms with Gasteiger partial charge in [-0.15, -0.1) is 0 Å². The fourth-order valence-corrected chi connectivity index (χ4v) is 2.46. The number of rotatable bonds is 2. The Bertz CT molecular complexity index is 441. The van der Waals surface area contributed by atoms with Gasteiger partial charge in [0, 0.05) is 13.1 Å². The minimum atomic E-state index is -0.137. The topological polar surface area (TPSA) is 87.6 Å². The summed E-state index contributed by atoms with van der Waals surface area (Å²) in [5.74, 6) is 0. The van der Waals surface area contributed by atoms with Gasteiger partial charge in [-0.2, -0.15) is 5.21 Å². The summed E-state index contributed by atoms with van der Waals surface area (Å²) in [5.41, 5.74) is 0. The molecule has 3 N–H and O–H groups in total. The normalized spacial score (nSPS) is 24.3. The van der Waals surface area contributed by atoms with Gasteiger partial charge in [-0.25, -0.2) is 9.48 Å². The number of carbonyl (C=O) groups excluding carboxylic acids is 1. The van der Waals surface area contributed by atoms with Crippen LogP contribution in [0, 0.1) is 4.77 Å². The zero-order valence-corrected chi connectivity index (χ0v) is 10.5. The van der Waals surface area contributed by atoms with Gasteiger partial charge in [-0.05, 0) is 37.9 Å². The predicted molar refractivity (Wildman–Crippen MR) is 64.1 cm³/mol. The number of hydrogen-bond donors (Lipinski definition) is 3. The van der Waals surface area contributed by atoms with E-state index in [1.165, 1.54) is 0 Å². The Balaban J connectivity index is 2.00. The summed E-state index contributed by atoms with van der Waals surface area (Å²) < 4.78 is 2.27. The van der Waals surface area contributed by atoms with Gasteiger partial charge in [0.25, 0.3) is 0 Å². The smallest absolute Gasteiger partial charge is 0.314 e. The van der Waals surface area contributed by atoms with Crippen LogP contribution in [0.15, 0.2) is 0 Å². The summed E-state index contributed by atoms with van der Waals surface area (Å²) in [6.45, 7) is 0.